The van der Waals surface area contributed by atoms with E-state index in [1.54, 1.807) is 26.8 Å². The molecule has 1 amide bonds. The van der Waals surface area contributed by atoms with Gasteiger partial charge in [-0.05, 0) is 62.9 Å². The van der Waals surface area contributed by atoms with Crippen LogP contribution in [-0.2, 0) is 22.7 Å². The van der Waals surface area contributed by atoms with Crippen molar-refractivity contribution in [3.63, 3.8) is 0 Å². The van der Waals surface area contributed by atoms with Crippen LogP contribution >= 0.6 is 0 Å². The SMILES string of the molecule is CC(C)(C)C(=O)O/N=C/c1cc(C(=O)NCc2ccc(F)c(F)c2)c(C2CCCC2)n1Cc1ccccc1. The van der Waals surface area contributed by atoms with Crippen LogP contribution in [0, 0.1) is 17.0 Å². The molecule has 0 spiro atoms. The van der Waals surface area contributed by atoms with E-state index in [-0.39, 0.29) is 18.4 Å². The first-order valence-electron chi connectivity index (χ1n) is 12.9. The Bertz CT molecular complexity index is 1320. The quantitative estimate of drug-likeness (QED) is 0.214. The first kappa shape index (κ1) is 27.2. The number of aromatic nitrogens is 1. The number of nitrogens with one attached hydrogen (secondary N) is 1. The summed E-state index contributed by atoms with van der Waals surface area (Å²) < 4.78 is 29.0. The van der Waals surface area contributed by atoms with E-state index in [4.69, 9.17) is 4.84 Å². The van der Waals surface area contributed by atoms with E-state index < -0.39 is 23.0 Å². The monoisotopic (exact) mass is 521 g/mol. The van der Waals surface area contributed by atoms with Crippen LogP contribution in [0.3, 0.4) is 0 Å². The molecule has 200 valence electrons. The fourth-order valence-corrected chi connectivity index (χ4v) is 4.65. The smallest absolute Gasteiger partial charge is 0.340 e. The van der Waals surface area contributed by atoms with Crippen molar-refractivity contribution in [3.8, 4) is 0 Å². The van der Waals surface area contributed by atoms with Crippen LogP contribution < -0.4 is 5.32 Å². The van der Waals surface area contributed by atoms with E-state index in [0.29, 0.717) is 23.4 Å². The summed E-state index contributed by atoms with van der Waals surface area (Å²) in [7, 11) is 0. The van der Waals surface area contributed by atoms with Crippen LogP contribution in [0.15, 0.2) is 59.8 Å². The molecule has 38 heavy (non-hydrogen) atoms. The Balaban J connectivity index is 1.69. The molecule has 6 nitrogen and oxygen atoms in total. The average Bonchev–Trinajstić information content (AvgIpc) is 3.53. The highest BCUT2D eigenvalue weighted by Gasteiger charge is 2.29. The van der Waals surface area contributed by atoms with Gasteiger partial charge >= 0.3 is 5.97 Å². The molecule has 0 unspecified atom stereocenters. The van der Waals surface area contributed by atoms with Crippen LogP contribution in [0.4, 0.5) is 8.78 Å². The number of oxime groups is 1. The number of rotatable bonds is 8. The maximum Gasteiger partial charge on any atom is 0.340 e. The Hall–Kier alpha value is -3.81. The number of benzene rings is 2. The van der Waals surface area contributed by atoms with Crippen molar-refractivity contribution in [2.75, 3.05) is 0 Å². The number of halogens is 2. The zero-order valence-corrected chi connectivity index (χ0v) is 22.0. The fraction of sp³-hybridized carbons (Fsp3) is 0.367. The normalized spacial score (nSPS) is 14.2. The van der Waals surface area contributed by atoms with Crippen LogP contribution in [0.25, 0.3) is 0 Å². The van der Waals surface area contributed by atoms with E-state index in [1.165, 1.54) is 12.3 Å². The minimum atomic E-state index is -0.958. The lowest BCUT2D eigenvalue weighted by molar-refractivity contribution is -0.152. The van der Waals surface area contributed by atoms with Gasteiger partial charge in [-0.1, -0.05) is 54.4 Å². The number of carbonyl (C=O) groups excluding carboxylic acids is 2. The number of nitrogens with zero attached hydrogens (tertiary/aromatic N) is 2. The molecule has 1 aliphatic rings. The second-order valence-corrected chi connectivity index (χ2v) is 10.7. The standard InChI is InChI=1S/C30H33F2N3O3/c1-30(2,3)29(37)38-34-18-23-16-24(28(36)33-17-21-13-14-25(31)26(32)15-21)27(22-11-7-8-12-22)35(23)19-20-9-5-4-6-10-20/h4-6,9-10,13-16,18,22H,7-8,11-12,17,19H2,1-3H3,(H,33,36)/b34-18+. The molecule has 0 aliphatic heterocycles. The maximum absolute atomic E-state index is 13.7. The van der Waals surface area contributed by atoms with Crippen molar-refractivity contribution in [3.05, 3.63) is 94.3 Å². The third kappa shape index (κ3) is 6.54. The van der Waals surface area contributed by atoms with Gasteiger partial charge in [-0.3, -0.25) is 4.79 Å². The highest BCUT2D eigenvalue weighted by atomic mass is 19.2. The van der Waals surface area contributed by atoms with Gasteiger partial charge in [0, 0.05) is 24.7 Å². The summed E-state index contributed by atoms with van der Waals surface area (Å²) in [6.07, 6.45) is 5.53. The van der Waals surface area contributed by atoms with E-state index >= 15 is 0 Å². The average molecular weight is 522 g/mol. The summed E-state index contributed by atoms with van der Waals surface area (Å²) in [5, 5.41) is 6.81. The van der Waals surface area contributed by atoms with Crippen LogP contribution in [0.2, 0.25) is 0 Å². The topological polar surface area (TPSA) is 72.7 Å². The van der Waals surface area contributed by atoms with Crippen molar-refractivity contribution >= 4 is 18.1 Å². The molecule has 1 N–H and O–H groups in total. The summed E-state index contributed by atoms with van der Waals surface area (Å²) in [4.78, 5) is 30.8. The largest absolute Gasteiger partial charge is 0.348 e. The van der Waals surface area contributed by atoms with Crippen LogP contribution in [0.1, 0.15) is 85.2 Å². The molecule has 1 aliphatic carbocycles. The second-order valence-electron chi connectivity index (χ2n) is 10.7. The van der Waals surface area contributed by atoms with Gasteiger partial charge in [0.05, 0.1) is 22.9 Å². The fourth-order valence-electron chi connectivity index (χ4n) is 4.65. The van der Waals surface area contributed by atoms with Gasteiger partial charge in [0.1, 0.15) is 0 Å². The highest BCUT2D eigenvalue weighted by molar-refractivity contribution is 5.98. The number of hydrogen-bond donors (Lipinski definition) is 1. The summed E-state index contributed by atoms with van der Waals surface area (Å²) in [6, 6.07) is 15.2. The van der Waals surface area contributed by atoms with Crippen LogP contribution in [-0.4, -0.2) is 22.7 Å². The lowest BCUT2D eigenvalue weighted by Crippen LogP contribution is -2.24. The molecule has 1 saturated carbocycles. The molecule has 1 heterocycles. The molecule has 0 atom stereocenters. The van der Waals surface area contributed by atoms with Crippen molar-refractivity contribution in [2.45, 2.75) is 65.5 Å². The van der Waals surface area contributed by atoms with E-state index in [0.717, 1.165) is 49.1 Å². The second kappa shape index (κ2) is 11.7. The lowest BCUT2D eigenvalue weighted by Gasteiger charge is -2.18. The Labute approximate surface area is 221 Å². The molecule has 0 bridgehead atoms. The van der Waals surface area contributed by atoms with Crippen molar-refractivity contribution < 1.29 is 23.2 Å². The predicted molar refractivity (Wildman–Crippen MR) is 142 cm³/mol. The molecular formula is C30H33F2N3O3. The first-order chi connectivity index (χ1) is 18.1. The highest BCUT2D eigenvalue weighted by Crippen LogP contribution is 2.37. The van der Waals surface area contributed by atoms with Gasteiger partial charge in [0.2, 0.25) is 0 Å². The molecule has 1 fully saturated rings. The van der Waals surface area contributed by atoms with E-state index in [1.807, 2.05) is 30.3 Å². The molecule has 0 saturated heterocycles. The minimum absolute atomic E-state index is 0.0522. The van der Waals surface area contributed by atoms with Gasteiger partial charge in [0.25, 0.3) is 5.91 Å². The summed E-state index contributed by atoms with van der Waals surface area (Å²) in [6.45, 7) is 5.80. The van der Waals surface area contributed by atoms with Crippen molar-refractivity contribution in [1.82, 2.24) is 9.88 Å². The van der Waals surface area contributed by atoms with Gasteiger partial charge < -0.3 is 14.7 Å². The summed E-state index contributed by atoms with van der Waals surface area (Å²) in [5.74, 6) is -2.49. The number of carbonyl (C=O) groups is 2. The van der Waals surface area contributed by atoms with Crippen molar-refractivity contribution in [2.24, 2.45) is 10.6 Å². The molecule has 1 aromatic heterocycles. The summed E-state index contributed by atoms with van der Waals surface area (Å²) >= 11 is 0. The van der Waals surface area contributed by atoms with Crippen molar-refractivity contribution in [1.29, 1.82) is 0 Å². The zero-order chi connectivity index (χ0) is 27.3. The summed E-state index contributed by atoms with van der Waals surface area (Å²) in [5.41, 5.74) is 2.84. The van der Waals surface area contributed by atoms with E-state index in [2.05, 4.69) is 15.0 Å². The Morgan fingerprint density at radius 2 is 1.74 bits per heavy atom. The van der Waals surface area contributed by atoms with E-state index in [9.17, 15) is 18.4 Å². The van der Waals surface area contributed by atoms with Gasteiger partial charge in [-0.15, -0.1) is 0 Å². The first-order valence-corrected chi connectivity index (χ1v) is 12.9. The lowest BCUT2D eigenvalue weighted by atomic mass is 9.98. The Kier molecular flexibility index (Phi) is 8.39. The molecular weight excluding hydrogens is 488 g/mol. The third-order valence-corrected chi connectivity index (χ3v) is 6.71. The number of hydrogen-bond acceptors (Lipinski definition) is 4. The molecule has 4 rings (SSSR count). The Morgan fingerprint density at radius 3 is 2.39 bits per heavy atom. The molecule has 0 radical (unpaired) electrons. The zero-order valence-electron chi connectivity index (χ0n) is 22.0. The molecule has 8 heteroatoms. The van der Waals surface area contributed by atoms with Gasteiger partial charge in [-0.25, -0.2) is 13.6 Å². The Morgan fingerprint density at radius 1 is 1.03 bits per heavy atom. The molecule has 2 aromatic carbocycles. The van der Waals surface area contributed by atoms with Gasteiger partial charge in [-0.2, -0.15) is 0 Å². The van der Waals surface area contributed by atoms with Crippen LogP contribution in [0.5, 0.6) is 0 Å². The van der Waals surface area contributed by atoms with Gasteiger partial charge in [0.15, 0.2) is 11.6 Å². The third-order valence-electron chi connectivity index (χ3n) is 6.71. The minimum Gasteiger partial charge on any atom is -0.348 e. The predicted octanol–water partition coefficient (Wildman–Crippen LogP) is 6.33. The maximum atomic E-state index is 13.7. The number of amides is 1. The molecule has 3 aromatic rings.